The quantitative estimate of drug-likeness (QED) is 0.815. The molecule has 1 aromatic heterocycles. The van der Waals surface area contributed by atoms with Crippen LogP contribution in [-0.2, 0) is 4.74 Å². The number of nitrogens with one attached hydrogen (secondary N) is 1. The Morgan fingerprint density at radius 2 is 1.92 bits per heavy atom. The molecule has 1 aliphatic heterocycles. The maximum Gasteiger partial charge on any atom is 0.254 e. The van der Waals surface area contributed by atoms with Crippen LogP contribution in [0.25, 0.3) is 5.69 Å². The number of ether oxygens (including phenoxy) is 1. The molecular weight excluding hydrogens is 316 g/mol. The van der Waals surface area contributed by atoms with E-state index in [1.54, 1.807) is 6.20 Å². The van der Waals surface area contributed by atoms with Gasteiger partial charge in [-0.15, -0.1) is 0 Å². The maximum atomic E-state index is 12.4. The van der Waals surface area contributed by atoms with Crippen LogP contribution in [0.4, 0.5) is 0 Å². The van der Waals surface area contributed by atoms with Crippen LogP contribution in [0, 0.1) is 13.8 Å². The zero-order valence-electron chi connectivity index (χ0n) is 15.0. The number of benzene rings is 1. The molecule has 1 aliphatic rings. The SMILES string of the molecule is Cc1ccc(-n2ncc(C(=O)NCCCN3CCOCC3)c2C)cc1. The molecule has 0 aliphatic carbocycles. The summed E-state index contributed by atoms with van der Waals surface area (Å²) < 4.78 is 7.15. The van der Waals surface area contributed by atoms with E-state index in [2.05, 4.69) is 22.2 Å². The second-order valence-electron chi connectivity index (χ2n) is 6.45. The van der Waals surface area contributed by atoms with Crippen molar-refractivity contribution in [3.05, 3.63) is 47.3 Å². The molecule has 3 rings (SSSR count). The summed E-state index contributed by atoms with van der Waals surface area (Å²) >= 11 is 0. The molecule has 0 radical (unpaired) electrons. The smallest absolute Gasteiger partial charge is 0.254 e. The Morgan fingerprint density at radius 1 is 1.20 bits per heavy atom. The van der Waals surface area contributed by atoms with Crippen LogP contribution in [0.15, 0.2) is 30.5 Å². The molecule has 1 saturated heterocycles. The number of hydrogen-bond donors (Lipinski definition) is 1. The van der Waals surface area contributed by atoms with Gasteiger partial charge in [0.1, 0.15) is 0 Å². The number of carbonyl (C=O) groups excluding carboxylic acids is 1. The van der Waals surface area contributed by atoms with Crippen LogP contribution in [0.2, 0.25) is 0 Å². The predicted molar refractivity (Wildman–Crippen MR) is 97.2 cm³/mol. The topological polar surface area (TPSA) is 59.4 Å². The Balaban J connectivity index is 1.53. The number of morpholine rings is 1. The Hall–Kier alpha value is -2.18. The molecule has 0 saturated carbocycles. The van der Waals surface area contributed by atoms with E-state index in [1.165, 1.54) is 5.56 Å². The van der Waals surface area contributed by atoms with Crippen molar-refractivity contribution in [3.8, 4) is 5.69 Å². The highest BCUT2D eigenvalue weighted by Gasteiger charge is 2.15. The molecule has 2 aromatic rings. The fourth-order valence-corrected chi connectivity index (χ4v) is 3.00. The minimum Gasteiger partial charge on any atom is -0.379 e. The highest BCUT2D eigenvalue weighted by molar-refractivity contribution is 5.95. The minimum atomic E-state index is -0.0576. The van der Waals surface area contributed by atoms with Crippen LogP contribution in [0.3, 0.4) is 0 Å². The average Bonchev–Trinajstić information content (AvgIpc) is 3.02. The van der Waals surface area contributed by atoms with E-state index in [0.29, 0.717) is 12.1 Å². The lowest BCUT2D eigenvalue weighted by Gasteiger charge is -2.26. The van der Waals surface area contributed by atoms with E-state index < -0.39 is 0 Å². The zero-order valence-corrected chi connectivity index (χ0v) is 15.0. The lowest BCUT2D eigenvalue weighted by Crippen LogP contribution is -2.38. The summed E-state index contributed by atoms with van der Waals surface area (Å²) in [7, 11) is 0. The van der Waals surface area contributed by atoms with E-state index in [1.807, 2.05) is 35.9 Å². The van der Waals surface area contributed by atoms with E-state index >= 15 is 0 Å². The molecule has 1 aromatic carbocycles. The third-order valence-corrected chi connectivity index (χ3v) is 4.57. The molecule has 0 unspecified atom stereocenters. The van der Waals surface area contributed by atoms with Gasteiger partial charge in [-0.1, -0.05) is 17.7 Å². The number of aryl methyl sites for hydroxylation is 1. The maximum absolute atomic E-state index is 12.4. The van der Waals surface area contributed by atoms with Crippen LogP contribution < -0.4 is 5.32 Å². The fraction of sp³-hybridized carbons (Fsp3) is 0.474. The number of hydrogen-bond acceptors (Lipinski definition) is 4. The summed E-state index contributed by atoms with van der Waals surface area (Å²) in [4.78, 5) is 14.8. The van der Waals surface area contributed by atoms with E-state index in [4.69, 9.17) is 4.74 Å². The van der Waals surface area contributed by atoms with E-state index in [9.17, 15) is 4.79 Å². The summed E-state index contributed by atoms with van der Waals surface area (Å²) in [5.74, 6) is -0.0576. The lowest BCUT2D eigenvalue weighted by atomic mass is 10.2. The molecule has 0 spiro atoms. The monoisotopic (exact) mass is 342 g/mol. The number of carbonyl (C=O) groups is 1. The van der Waals surface area contributed by atoms with Gasteiger partial charge in [0.2, 0.25) is 0 Å². The first kappa shape index (κ1) is 17.6. The highest BCUT2D eigenvalue weighted by Crippen LogP contribution is 2.14. The van der Waals surface area contributed by atoms with Gasteiger partial charge in [0, 0.05) is 19.6 Å². The number of aromatic nitrogens is 2. The predicted octanol–water partition coefficient (Wildman–Crippen LogP) is 1.94. The van der Waals surface area contributed by atoms with Gasteiger partial charge in [-0.25, -0.2) is 4.68 Å². The van der Waals surface area contributed by atoms with Gasteiger partial charge in [-0.05, 0) is 38.9 Å². The van der Waals surface area contributed by atoms with Crippen molar-refractivity contribution >= 4 is 5.91 Å². The van der Waals surface area contributed by atoms with Gasteiger partial charge < -0.3 is 10.1 Å². The van der Waals surface area contributed by atoms with Crippen LogP contribution in [0.5, 0.6) is 0 Å². The summed E-state index contributed by atoms with van der Waals surface area (Å²) in [5, 5.41) is 7.38. The molecule has 0 atom stereocenters. The Labute approximate surface area is 148 Å². The van der Waals surface area contributed by atoms with Crippen molar-refractivity contribution in [2.45, 2.75) is 20.3 Å². The first-order valence-corrected chi connectivity index (χ1v) is 8.85. The number of amides is 1. The molecule has 134 valence electrons. The molecule has 1 amide bonds. The van der Waals surface area contributed by atoms with Crippen LogP contribution >= 0.6 is 0 Å². The van der Waals surface area contributed by atoms with Gasteiger partial charge >= 0.3 is 0 Å². The number of nitrogens with zero attached hydrogens (tertiary/aromatic N) is 3. The van der Waals surface area contributed by atoms with Crippen molar-refractivity contribution in [1.82, 2.24) is 20.0 Å². The summed E-state index contributed by atoms with van der Waals surface area (Å²) in [6.07, 6.45) is 2.59. The molecule has 6 nitrogen and oxygen atoms in total. The summed E-state index contributed by atoms with van der Waals surface area (Å²) in [6.45, 7) is 9.22. The number of rotatable bonds is 6. The Kier molecular flexibility index (Phi) is 5.83. The molecule has 6 heteroatoms. The van der Waals surface area contributed by atoms with Gasteiger partial charge in [-0.2, -0.15) is 5.10 Å². The average molecular weight is 342 g/mol. The normalized spacial score (nSPS) is 15.3. The third kappa shape index (κ3) is 4.46. The van der Waals surface area contributed by atoms with Crippen molar-refractivity contribution in [1.29, 1.82) is 0 Å². The Morgan fingerprint density at radius 3 is 2.64 bits per heavy atom. The van der Waals surface area contributed by atoms with Gasteiger partial charge in [0.15, 0.2) is 0 Å². The first-order valence-electron chi connectivity index (χ1n) is 8.85. The standard InChI is InChI=1S/C19H26N4O2/c1-15-4-6-17(7-5-15)23-16(2)18(14-21-23)19(24)20-8-3-9-22-10-12-25-13-11-22/h4-7,14H,3,8-13H2,1-2H3,(H,20,24). The molecule has 2 heterocycles. The zero-order chi connectivity index (χ0) is 17.6. The second-order valence-corrected chi connectivity index (χ2v) is 6.45. The first-order chi connectivity index (χ1) is 12.1. The van der Waals surface area contributed by atoms with Crippen LogP contribution in [-0.4, -0.2) is 60.0 Å². The largest absolute Gasteiger partial charge is 0.379 e. The van der Waals surface area contributed by atoms with E-state index in [0.717, 1.165) is 50.7 Å². The van der Waals surface area contributed by atoms with Crippen molar-refractivity contribution < 1.29 is 9.53 Å². The Bertz CT molecular complexity index is 703. The lowest BCUT2D eigenvalue weighted by molar-refractivity contribution is 0.0374. The van der Waals surface area contributed by atoms with Gasteiger partial charge in [0.25, 0.3) is 5.91 Å². The summed E-state index contributed by atoms with van der Waals surface area (Å²) in [5.41, 5.74) is 3.66. The fourth-order valence-electron chi connectivity index (χ4n) is 3.00. The minimum absolute atomic E-state index is 0.0576. The molecule has 1 fully saturated rings. The van der Waals surface area contributed by atoms with Crippen molar-refractivity contribution in [2.24, 2.45) is 0 Å². The molecule has 25 heavy (non-hydrogen) atoms. The van der Waals surface area contributed by atoms with Gasteiger partial charge in [-0.3, -0.25) is 9.69 Å². The molecular formula is C19H26N4O2. The van der Waals surface area contributed by atoms with Crippen molar-refractivity contribution in [2.75, 3.05) is 39.4 Å². The third-order valence-electron chi connectivity index (χ3n) is 4.57. The highest BCUT2D eigenvalue weighted by atomic mass is 16.5. The van der Waals surface area contributed by atoms with Gasteiger partial charge in [0.05, 0.1) is 36.4 Å². The van der Waals surface area contributed by atoms with Crippen LogP contribution in [0.1, 0.15) is 28.0 Å². The van der Waals surface area contributed by atoms with Crippen molar-refractivity contribution in [3.63, 3.8) is 0 Å². The van der Waals surface area contributed by atoms with E-state index in [-0.39, 0.29) is 5.91 Å². The second kappa shape index (κ2) is 8.27. The molecule has 0 bridgehead atoms. The molecule has 1 N–H and O–H groups in total. The summed E-state index contributed by atoms with van der Waals surface area (Å²) in [6, 6.07) is 8.11.